The molecule has 8 rings (SSSR count). The molecule has 3 saturated carbocycles. The Morgan fingerprint density at radius 3 is 2.60 bits per heavy atom. The smallest absolute Gasteiger partial charge is 0.405 e. The molecule has 0 bridgehead atoms. The van der Waals surface area contributed by atoms with E-state index in [2.05, 4.69) is 15.4 Å². The maximum atomic E-state index is 14.5. The number of nitrogens with one attached hydrogen (secondary N) is 3. The second kappa shape index (κ2) is 12.9. The van der Waals surface area contributed by atoms with Crippen LogP contribution in [0.1, 0.15) is 101 Å². The van der Waals surface area contributed by atoms with Crippen molar-refractivity contribution in [3.63, 3.8) is 0 Å². The summed E-state index contributed by atoms with van der Waals surface area (Å²) in [6.07, 6.45) is 9.72. The molecule has 15 heteroatoms. The number of carbonyl (C=O) groups is 4. The summed E-state index contributed by atoms with van der Waals surface area (Å²) in [6, 6.07) is 3.58. The van der Waals surface area contributed by atoms with Gasteiger partial charge in [0.25, 0.3) is 5.91 Å². The van der Waals surface area contributed by atoms with Gasteiger partial charge < -0.3 is 30.1 Å². The predicted molar refractivity (Wildman–Crippen MR) is 193 cm³/mol. The molecule has 14 nitrogen and oxygen atoms in total. The van der Waals surface area contributed by atoms with Gasteiger partial charge in [0.05, 0.1) is 29.6 Å². The SMILES string of the molecule is COc1ccc2c3c(c(C4CC4)nc2c1)O[C@]1(CC3)CC2C(=O)NC3(C(=O)NS(=O)(=O)C4(C)CC4)CC3C=CCCCCC[C@H](NC(=O)O)C(=O)N2C1. The maximum Gasteiger partial charge on any atom is 0.405 e. The largest absolute Gasteiger partial charge is 0.497 e. The molecule has 5 atom stereocenters. The van der Waals surface area contributed by atoms with Crippen molar-refractivity contribution in [2.75, 3.05) is 13.7 Å². The summed E-state index contributed by atoms with van der Waals surface area (Å²) < 4.78 is 40.0. The highest BCUT2D eigenvalue weighted by Gasteiger charge is 2.64. The van der Waals surface area contributed by atoms with E-state index in [1.165, 1.54) is 4.90 Å². The van der Waals surface area contributed by atoms with Crippen LogP contribution < -0.4 is 24.8 Å². The lowest BCUT2D eigenvalue weighted by Crippen LogP contribution is -2.58. The highest BCUT2D eigenvalue weighted by Crippen LogP contribution is 2.52. The van der Waals surface area contributed by atoms with Gasteiger partial charge in [-0.25, -0.2) is 18.2 Å². The molecule has 1 aromatic carbocycles. The topological polar surface area (TPSA) is 193 Å². The normalized spacial score (nSPS) is 30.8. The van der Waals surface area contributed by atoms with Gasteiger partial charge in [0.2, 0.25) is 21.8 Å². The molecule has 284 valence electrons. The van der Waals surface area contributed by atoms with Crippen molar-refractivity contribution in [2.45, 2.75) is 124 Å². The van der Waals surface area contributed by atoms with E-state index in [9.17, 15) is 32.7 Å². The van der Waals surface area contributed by atoms with Crippen molar-refractivity contribution in [3.8, 4) is 11.5 Å². The number of allylic oxidation sites excluding steroid dienone is 1. The third-order valence-corrected chi connectivity index (χ3v) is 14.5. The number of pyridine rings is 1. The number of hydrogen-bond donors (Lipinski definition) is 4. The van der Waals surface area contributed by atoms with Gasteiger partial charge in [-0.2, -0.15) is 0 Å². The Balaban J connectivity index is 1.15. The number of nitrogens with zero attached hydrogens (tertiary/aromatic N) is 2. The van der Waals surface area contributed by atoms with Gasteiger partial charge in [0.15, 0.2) is 0 Å². The number of aryl methyl sites for hydroxylation is 1. The molecule has 1 spiro atoms. The molecular weight excluding hydrogens is 703 g/mol. The second-order valence-electron chi connectivity index (χ2n) is 16.2. The van der Waals surface area contributed by atoms with Crippen molar-refractivity contribution < 1.29 is 42.2 Å². The minimum Gasteiger partial charge on any atom is -0.497 e. The van der Waals surface area contributed by atoms with E-state index in [1.54, 1.807) is 14.0 Å². The highest BCUT2D eigenvalue weighted by molar-refractivity contribution is 7.91. The van der Waals surface area contributed by atoms with Crippen molar-refractivity contribution in [2.24, 2.45) is 5.92 Å². The van der Waals surface area contributed by atoms with Crippen LogP contribution in [-0.4, -0.2) is 88.8 Å². The number of fused-ring (bicyclic) bond motifs is 5. The molecule has 3 aliphatic carbocycles. The average Bonchev–Trinajstić information content (AvgIpc) is 4.05. The van der Waals surface area contributed by atoms with Gasteiger partial charge in [0, 0.05) is 35.3 Å². The zero-order valence-electron chi connectivity index (χ0n) is 30.1. The van der Waals surface area contributed by atoms with Crippen LogP contribution in [0.5, 0.6) is 11.5 Å². The second-order valence-corrected chi connectivity index (χ2v) is 18.4. The Morgan fingerprint density at radius 1 is 1.09 bits per heavy atom. The number of carboxylic acid groups (broad SMARTS) is 1. The molecule has 4 heterocycles. The fourth-order valence-electron chi connectivity index (χ4n) is 8.45. The third kappa shape index (κ3) is 6.48. The first-order chi connectivity index (χ1) is 25.3. The number of amides is 4. The van der Waals surface area contributed by atoms with Gasteiger partial charge in [-0.05, 0) is 83.3 Å². The molecular formula is C38H47N5O9S. The van der Waals surface area contributed by atoms with Gasteiger partial charge in [-0.15, -0.1) is 0 Å². The monoisotopic (exact) mass is 749 g/mol. The Morgan fingerprint density at radius 2 is 1.89 bits per heavy atom. The first kappa shape index (κ1) is 35.6. The van der Waals surface area contributed by atoms with E-state index in [4.69, 9.17) is 14.5 Å². The first-order valence-corrected chi connectivity index (χ1v) is 20.3. The first-order valence-electron chi connectivity index (χ1n) is 18.8. The lowest BCUT2D eigenvalue weighted by atomic mass is 9.86. The van der Waals surface area contributed by atoms with Crippen LogP contribution in [0.4, 0.5) is 4.79 Å². The van der Waals surface area contributed by atoms with E-state index in [1.807, 2.05) is 30.4 Å². The third-order valence-electron chi connectivity index (χ3n) is 12.3. The molecule has 53 heavy (non-hydrogen) atoms. The van der Waals surface area contributed by atoms with Crippen LogP contribution in [-0.2, 0) is 30.8 Å². The Bertz CT molecular complexity index is 2030. The number of aromatic nitrogens is 1. The van der Waals surface area contributed by atoms with E-state index >= 15 is 0 Å². The number of carbonyl (C=O) groups excluding carboxylic acids is 3. The fourth-order valence-corrected chi connectivity index (χ4v) is 9.76. The summed E-state index contributed by atoms with van der Waals surface area (Å²) in [5, 5.41) is 16.0. The number of rotatable bonds is 6. The maximum absolute atomic E-state index is 14.5. The summed E-state index contributed by atoms with van der Waals surface area (Å²) in [6.45, 7) is 1.62. The zero-order chi connectivity index (χ0) is 37.3. The van der Waals surface area contributed by atoms with Crippen LogP contribution in [0, 0.1) is 5.92 Å². The molecule has 4 N–H and O–H groups in total. The Hall–Kier alpha value is -4.40. The summed E-state index contributed by atoms with van der Waals surface area (Å²) in [7, 11) is -2.37. The van der Waals surface area contributed by atoms with E-state index in [-0.39, 0.29) is 31.7 Å². The molecule has 4 fully saturated rings. The molecule has 4 amide bonds. The number of hydrogen-bond acceptors (Lipinski definition) is 9. The molecule has 6 aliphatic rings. The summed E-state index contributed by atoms with van der Waals surface area (Å²) in [5.74, 6) is -0.767. The lowest BCUT2D eigenvalue weighted by molar-refractivity contribution is -0.141. The zero-order valence-corrected chi connectivity index (χ0v) is 30.9. The highest BCUT2D eigenvalue weighted by atomic mass is 32.2. The van der Waals surface area contributed by atoms with Crippen LogP contribution in [0.25, 0.3) is 10.9 Å². The average molecular weight is 750 g/mol. The molecule has 2 aromatic rings. The van der Waals surface area contributed by atoms with Gasteiger partial charge in [-0.3, -0.25) is 19.1 Å². The predicted octanol–water partition coefficient (Wildman–Crippen LogP) is 3.82. The van der Waals surface area contributed by atoms with Crippen LogP contribution in [0.15, 0.2) is 30.4 Å². The van der Waals surface area contributed by atoms with E-state index in [0.717, 1.165) is 47.8 Å². The standard InChI is InChI=1S/C38H47N5O9S/c1-36(16-17-36)53(49,50)42-34(46)38-19-23(38)8-6-4-3-5-7-9-27(40-35(47)48)33(45)43-21-37(20-29(43)32(44)41-38)15-14-26-25-13-12-24(51-2)18-28(25)39-30(22-10-11-22)31(26)52-37/h6,8,12-13,18,22-23,27,29,40H,3-5,7,9-11,14-17,19-21H2,1-2H3,(H,41,44)(H,42,46)(H,47,48)/t23?,27-,29?,37+,38?/m0/s1. The number of benzene rings is 1. The van der Waals surface area contributed by atoms with E-state index < -0.39 is 67.7 Å². The van der Waals surface area contributed by atoms with Crippen molar-refractivity contribution in [1.82, 2.24) is 25.2 Å². The van der Waals surface area contributed by atoms with Gasteiger partial charge >= 0.3 is 6.09 Å². The van der Waals surface area contributed by atoms with E-state index in [0.29, 0.717) is 50.0 Å². The molecule has 1 saturated heterocycles. The number of methoxy groups -OCH3 is 1. The Labute approximate surface area is 308 Å². The van der Waals surface area contributed by atoms with Crippen molar-refractivity contribution in [1.29, 1.82) is 0 Å². The quantitative estimate of drug-likeness (QED) is 0.316. The molecule has 3 aliphatic heterocycles. The minimum atomic E-state index is -3.99. The molecule has 1 aromatic heterocycles. The number of ether oxygens (including phenoxy) is 2. The molecule has 0 radical (unpaired) electrons. The summed E-state index contributed by atoms with van der Waals surface area (Å²) >= 11 is 0. The van der Waals surface area contributed by atoms with Crippen LogP contribution in [0.3, 0.4) is 0 Å². The number of sulfonamides is 1. The van der Waals surface area contributed by atoms with Crippen molar-refractivity contribution >= 4 is 44.7 Å². The van der Waals surface area contributed by atoms with Crippen LogP contribution >= 0.6 is 0 Å². The lowest BCUT2D eigenvalue weighted by Gasteiger charge is -2.37. The summed E-state index contributed by atoms with van der Waals surface area (Å²) in [5.41, 5.74) is 0.176. The molecule has 3 unspecified atom stereocenters. The fraction of sp³-hybridized carbons (Fsp3) is 0.605. The van der Waals surface area contributed by atoms with Gasteiger partial charge in [0.1, 0.15) is 34.7 Å². The Kier molecular flexibility index (Phi) is 8.65. The minimum absolute atomic E-state index is 0.0289. The van der Waals surface area contributed by atoms with Crippen molar-refractivity contribution in [3.05, 3.63) is 41.6 Å². The van der Waals surface area contributed by atoms with Crippen LogP contribution in [0.2, 0.25) is 0 Å². The summed E-state index contributed by atoms with van der Waals surface area (Å²) in [4.78, 5) is 61.2. The van der Waals surface area contributed by atoms with Gasteiger partial charge in [-0.1, -0.05) is 25.0 Å².